The molecule has 0 atom stereocenters. The van der Waals surface area contributed by atoms with Crippen molar-refractivity contribution in [2.75, 3.05) is 13.1 Å². The fourth-order valence-electron chi connectivity index (χ4n) is 2.93. The highest BCUT2D eigenvalue weighted by Crippen LogP contribution is 2.24. The lowest BCUT2D eigenvalue weighted by Gasteiger charge is -2.06. The molecule has 1 amide bonds. The number of nitrogens with one attached hydrogen (secondary N) is 3. The van der Waals surface area contributed by atoms with Crippen molar-refractivity contribution in [3.05, 3.63) is 84.5 Å². The molecule has 1 aromatic carbocycles. The van der Waals surface area contributed by atoms with Gasteiger partial charge in [-0.25, -0.2) is 0 Å². The van der Waals surface area contributed by atoms with E-state index in [-0.39, 0.29) is 5.91 Å². The van der Waals surface area contributed by atoms with Gasteiger partial charge in [0.25, 0.3) is 5.91 Å². The lowest BCUT2D eigenvalue weighted by atomic mass is 10.0. The molecule has 134 valence electrons. The van der Waals surface area contributed by atoms with Crippen molar-refractivity contribution in [1.29, 1.82) is 0 Å². The van der Waals surface area contributed by atoms with Crippen LogP contribution < -0.4 is 10.6 Å². The van der Waals surface area contributed by atoms with E-state index >= 15 is 0 Å². The lowest BCUT2D eigenvalue weighted by Crippen LogP contribution is -2.26. The molecule has 3 N–H and O–H groups in total. The molecule has 2 aromatic heterocycles. The van der Waals surface area contributed by atoms with E-state index in [1.165, 1.54) is 0 Å². The highest BCUT2D eigenvalue weighted by Gasteiger charge is 2.15. The van der Waals surface area contributed by atoms with Gasteiger partial charge in [0.05, 0.1) is 5.52 Å². The molecule has 27 heavy (non-hydrogen) atoms. The summed E-state index contributed by atoms with van der Waals surface area (Å²) in [5.41, 5.74) is 4.23. The van der Waals surface area contributed by atoms with Crippen LogP contribution in [-0.4, -0.2) is 34.2 Å². The maximum Gasteiger partial charge on any atom is 0.272 e. The van der Waals surface area contributed by atoms with Gasteiger partial charge in [0.15, 0.2) is 5.69 Å². The Morgan fingerprint density at radius 1 is 1.22 bits per heavy atom. The fourth-order valence-corrected chi connectivity index (χ4v) is 2.93. The summed E-state index contributed by atoms with van der Waals surface area (Å²) in [6.45, 7) is 1.21. The Labute approximate surface area is 156 Å². The predicted molar refractivity (Wildman–Crippen MR) is 106 cm³/mol. The molecule has 0 spiro atoms. The van der Waals surface area contributed by atoms with E-state index in [9.17, 15) is 4.79 Å². The molecule has 0 saturated heterocycles. The van der Waals surface area contributed by atoms with Gasteiger partial charge >= 0.3 is 0 Å². The van der Waals surface area contributed by atoms with Crippen LogP contribution in [0.2, 0.25) is 0 Å². The van der Waals surface area contributed by atoms with E-state index < -0.39 is 0 Å². The Hall–Kier alpha value is -3.67. The van der Waals surface area contributed by atoms with Gasteiger partial charge in [0.2, 0.25) is 0 Å². The number of aromatic amines is 1. The zero-order valence-corrected chi connectivity index (χ0v) is 14.6. The number of aromatic nitrogens is 3. The van der Waals surface area contributed by atoms with Crippen molar-refractivity contribution in [2.24, 2.45) is 0 Å². The van der Waals surface area contributed by atoms with Gasteiger partial charge in [-0.1, -0.05) is 30.4 Å². The van der Waals surface area contributed by atoms with E-state index in [2.05, 4.69) is 25.8 Å². The first-order chi connectivity index (χ1) is 13.3. The third-order valence-corrected chi connectivity index (χ3v) is 4.32. The van der Waals surface area contributed by atoms with E-state index in [0.717, 1.165) is 34.1 Å². The number of pyridine rings is 1. The fraction of sp³-hybridized carbons (Fsp3) is 0.0952. The van der Waals surface area contributed by atoms with Crippen LogP contribution in [0.25, 0.3) is 22.0 Å². The van der Waals surface area contributed by atoms with E-state index in [0.29, 0.717) is 12.2 Å². The Morgan fingerprint density at radius 3 is 3.07 bits per heavy atom. The van der Waals surface area contributed by atoms with E-state index in [1.54, 1.807) is 12.4 Å². The van der Waals surface area contributed by atoms with Crippen LogP contribution in [0.15, 0.2) is 78.8 Å². The highest BCUT2D eigenvalue weighted by atomic mass is 16.1. The monoisotopic (exact) mass is 357 g/mol. The number of H-pyrrole nitrogens is 1. The largest absolute Gasteiger partial charge is 0.387 e. The number of nitrogens with zero attached hydrogens (tertiary/aromatic N) is 2. The van der Waals surface area contributed by atoms with E-state index in [4.69, 9.17) is 0 Å². The SMILES string of the molecule is O=C(NCC1=C/C=C\NC\C=C\1)c1n[nH]c2ccc(-c3cccnc3)cc12. The van der Waals surface area contributed by atoms with Crippen LogP contribution >= 0.6 is 0 Å². The van der Waals surface area contributed by atoms with Crippen LogP contribution in [0.5, 0.6) is 0 Å². The van der Waals surface area contributed by atoms with Crippen LogP contribution in [0.1, 0.15) is 10.5 Å². The molecule has 6 nitrogen and oxygen atoms in total. The maximum atomic E-state index is 12.7. The summed E-state index contributed by atoms with van der Waals surface area (Å²) in [5, 5.41) is 14.0. The smallest absolute Gasteiger partial charge is 0.272 e. The molecule has 0 aliphatic carbocycles. The second-order valence-corrected chi connectivity index (χ2v) is 6.17. The first kappa shape index (κ1) is 16.8. The predicted octanol–water partition coefficient (Wildman–Crippen LogP) is 2.95. The number of benzene rings is 1. The van der Waals surface area contributed by atoms with Gasteiger partial charge < -0.3 is 10.6 Å². The number of hydrogen-bond acceptors (Lipinski definition) is 4. The number of fused-ring (bicyclic) bond motifs is 1. The molecule has 0 bridgehead atoms. The minimum Gasteiger partial charge on any atom is -0.387 e. The zero-order chi connectivity index (χ0) is 18.5. The first-order valence-electron chi connectivity index (χ1n) is 8.73. The minimum atomic E-state index is -0.206. The van der Waals surface area contributed by atoms with Crippen molar-refractivity contribution in [1.82, 2.24) is 25.8 Å². The summed E-state index contributed by atoms with van der Waals surface area (Å²) in [6.07, 6.45) is 13.3. The molecular weight excluding hydrogens is 338 g/mol. The second kappa shape index (κ2) is 7.70. The van der Waals surface area contributed by atoms with Crippen molar-refractivity contribution < 1.29 is 4.79 Å². The van der Waals surface area contributed by atoms with E-state index in [1.807, 2.05) is 60.8 Å². The summed E-state index contributed by atoms with van der Waals surface area (Å²) in [7, 11) is 0. The van der Waals surface area contributed by atoms with Crippen molar-refractivity contribution in [2.45, 2.75) is 0 Å². The number of carbonyl (C=O) groups is 1. The average Bonchev–Trinajstić information content (AvgIpc) is 3.11. The molecule has 1 aliphatic heterocycles. The molecule has 0 saturated carbocycles. The summed E-state index contributed by atoms with van der Waals surface area (Å²) < 4.78 is 0. The van der Waals surface area contributed by atoms with Gasteiger partial charge in [0, 0.05) is 36.4 Å². The number of hydrogen-bond donors (Lipinski definition) is 3. The van der Waals surface area contributed by atoms with Crippen LogP contribution in [-0.2, 0) is 0 Å². The van der Waals surface area contributed by atoms with Gasteiger partial charge in [-0.2, -0.15) is 5.10 Å². The Bertz CT molecular complexity index is 1050. The Kier molecular flexibility index (Phi) is 4.78. The maximum absolute atomic E-state index is 12.7. The lowest BCUT2D eigenvalue weighted by molar-refractivity contribution is 0.0954. The standard InChI is InChI=1S/C21H19N5O/c27-21(24-13-15-4-1-9-22-10-2-5-15)20-18-12-16(7-8-19(18)25-26-20)17-6-3-11-23-14-17/h1-9,11-12,14,22H,10,13H2,(H,24,27)(H,25,26)/b5-2+,9-1-,15-4+. The molecule has 0 fully saturated rings. The Morgan fingerprint density at radius 2 is 2.19 bits per heavy atom. The third kappa shape index (κ3) is 3.79. The molecule has 3 aromatic rings. The second-order valence-electron chi connectivity index (χ2n) is 6.17. The number of carbonyl (C=O) groups excluding carboxylic acids is 1. The molecule has 0 unspecified atom stereocenters. The number of allylic oxidation sites excluding steroid dienone is 2. The normalized spacial score (nSPS) is 17.9. The van der Waals surface area contributed by atoms with Crippen molar-refractivity contribution in [3.8, 4) is 11.1 Å². The van der Waals surface area contributed by atoms with Crippen LogP contribution in [0.4, 0.5) is 0 Å². The van der Waals surface area contributed by atoms with Gasteiger partial charge in [0.1, 0.15) is 0 Å². The molecule has 1 aliphatic rings. The Balaban J connectivity index is 1.56. The highest BCUT2D eigenvalue weighted by molar-refractivity contribution is 6.05. The molecular formula is C21H19N5O. The van der Waals surface area contributed by atoms with Crippen LogP contribution in [0, 0.1) is 0 Å². The first-order valence-corrected chi connectivity index (χ1v) is 8.73. The van der Waals surface area contributed by atoms with Gasteiger partial charge in [-0.15, -0.1) is 0 Å². The topological polar surface area (TPSA) is 82.7 Å². The molecule has 3 heterocycles. The quantitative estimate of drug-likeness (QED) is 0.670. The van der Waals surface area contributed by atoms with Crippen molar-refractivity contribution >= 4 is 16.8 Å². The van der Waals surface area contributed by atoms with Gasteiger partial charge in [-0.05, 0) is 41.6 Å². The molecule has 6 heteroatoms. The third-order valence-electron chi connectivity index (χ3n) is 4.32. The molecule has 4 rings (SSSR count). The minimum absolute atomic E-state index is 0.206. The number of amides is 1. The average molecular weight is 357 g/mol. The summed E-state index contributed by atoms with van der Waals surface area (Å²) in [4.78, 5) is 16.8. The summed E-state index contributed by atoms with van der Waals surface area (Å²) >= 11 is 0. The summed E-state index contributed by atoms with van der Waals surface area (Å²) in [6, 6.07) is 9.77. The molecule has 0 radical (unpaired) electrons. The zero-order valence-electron chi connectivity index (χ0n) is 14.6. The van der Waals surface area contributed by atoms with Crippen LogP contribution in [0.3, 0.4) is 0 Å². The van der Waals surface area contributed by atoms with Crippen molar-refractivity contribution in [3.63, 3.8) is 0 Å². The number of rotatable bonds is 4. The summed E-state index contributed by atoms with van der Waals surface area (Å²) in [5.74, 6) is -0.206. The van der Waals surface area contributed by atoms with Gasteiger partial charge in [-0.3, -0.25) is 14.9 Å².